The second-order valence-electron chi connectivity index (χ2n) is 7.10. The van der Waals surface area contributed by atoms with Gasteiger partial charge in [-0.15, -0.1) is 11.8 Å². The molecule has 0 radical (unpaired) electrons. The number of hydrazine groups is 1. The molecule has 1 aliphatic rings. The van der Waals surface area contributed by atoms with Gasteiger partial charge in [0.1, 0.15) is 17.5 Å². The number of carbonyl (C=O) groups excluding carboxylic acids is 1. The van der Waals surface area contributed by atoms with E-state index in [4.69, 9.17) is 9.83 Å². The number of nitrogens with one attached hydrogen (secondary N) is 2. The number of benzene rings is 1. The summed E-state index contributed by atoms with van der Waals surface area (Å²) in [7, 11) is 0. The van der Waals surface area contributed by atoms with Crippen molar-refractivity contribution >= 4 is 40.0 Å². The first-order valence-electron chi connectivity index (χ1n) is 9.71. The smallest absolute Gasteiger partial charge is 0.290 e. The van der Waals surface area contributed by atoms with Crippen molar-refractivity contribution in [3.8, 4) is 0 Å². The maximum Gasteiger partial charge on any atom is 0.290 e. The molecule has 31 heavy (non-hydrogen) atoms. The molecule has 0 unspecified atom stereocenters. The van der Waals surface area contributed by atoms with Crippen LogP contribution in [-0.2, 0) is 0 Å². The monoisotopic (exact) mass is 437 g/mol. The molecule has 3 aromatic rings. The van der Waals surface area contributed by atoms with Crippen molar-refractivity contribution in [3.63, 3.8) is 0 Å². The predicted octanol–water partition coefficient (Wildman–Crippen LogP) is 3.15. The fraction of sp³-hybridized carbons (Fsp3) is 0.227. The Hall–Kier alpha value is -3.14. The highest BCUT2D eigenvalue weighted by molar-refractivity contribution is 7.98. The number of pyridine rings is 1. The molecule has 4 rings (SSSR count). The number of thioether (sulfide) groups is 1. The van der Waals surface area contributed by atoms with Crippen LogP contribution in [0.5, 0.6) is 0 Å². The summed E-state index contributed by atoms with van der Waals surface area (Å²) in [5.74, 6) is 0.258. The van der Waals surface area contributed by atoms with Crippen LogP contribution in [0.2, 0.25) is 0 Å². The third kappa shape index (κ3) is 4.07. The molecule has 0 atom stereocenters. The zero-order chi connectivity index (χ0) is 22.0. The Morgan fingerprint density at radius 2 is 2.23 bits per heavy atom. The number of hydrogen-bond acceptors (Lipinski definition) is 8. The van der Waals surface area contributed by atoms with E-state index in [1.54, 1.807) is 29.1 Å². The standard InChI is InChI=1S/C22H23N5O3S/c1-3-27(26-10-14(28)11-26)22(29)19-8-18(25-13-31-2)16(9-24-19)21(23)17-12-30-20-7-5-4-6-15(17)20/h3-9,12,14,23,28H,1,10-11,13H2,2H3,(H,24,25). The lowest BCUT2D eigenvalue weighted by molar-refractivity contribution is -0.0922. The van der Waals surface area contributed by atoms with Gasteiger partial charge in [-0.1, -0.05) is 24.8 Å². The lowest BCUT2D eigenvalue weighted by Gasteiger charge is -2.41. The summed E-state index contributed by atoms with van der Waals surface area (Å²) in [6.07, 6.45) is 6.03. The van der Waals surface area contributed by atoms with Gasteiger partial charge in [0.25, 0.3) is 5.91 Å². The van der Waals surface area contributed by atoms with E-state index in [-0.39, 0.29) is 17.3 Å². The van der Waals surface area contributed by atoms with Crippen molar-refractivity contribution < 1.29 is 14.3 Å². The zero-order valence-electron chi connectivity index (χ0n) is 17.0. The molecule has 160 valence electrons. The van der Waals surface area contributed by atoms with Crippen molar-refractivity contribution in [3.05, 3.63) is 72.4 Å². The molecule has 1 fully saturated rings. The zero-order valence-corrected chi connectivity index (χ0v) is 17.9. The van der Waals surface area contributed by atoms with Crippen LogP contribution in [0.4, 0.5) is 5.69 Å². The quantitative estimate of drug-likeness (QED) is 0.367. The number of rotatable bonds is 8. The van der Waals surface area contributed by atoms with Gasteiger partial charge in [-0.05, 0) is 18.4 Å². The van der Waals surface area contributed by atoms with Gasteiger partial charge in [-0.25, -0.2) is 10.0 Å². The number of furan rings is 1. The van der Waals surface area contributed by atoms with E-state index in [2.05, 4.69) is 16.9 Å². The van der Waals surface area contributed by atoms with Crippen LogP contribution in [-0.4, -0.2) is 63.1 Å². The molecular formula is C22H23N5O3S. The number of amides is 1. The second-order valence-corrected chi connectivity index (χ2v) is 7.97. The molecular weight excluding hydrogens is 414 g/mol. The lowest BCUT2D eigenvalue weighted by atomic mass is 10.0. The fourth-order valence-corrected chi connectivity index (χ4v) is 3.74. The minimum Gasteiger partial charge on any atom is -0.464 e. The molecule has 2 aromatic heterocycles. The Morgan fingerprint density at radius 3 is 2.94 bits per heavy atom. The molecule has 0 aliphatic carbocycles. The Morgan fingerprint density at radius 1 is 1.45 bits per heavy atom. The lowest BCUT2D eigenvalue weighted by Crippen LogP contribution is -2.58. The van der Waals surface area contributed by atoms with Crippen LogP contribution in [0.1, 0.15) is 21.6 Å². The number of aliphatic hydroxyl groups is 1. The van der Waals surface area contributed by atoms with Gasteiger partial charge in [0.05, 0.1) is 17.7 Å². The van der Waals surface area contributed by atoms with Crippen molar-refractivity contribution in [2.24, 2.45) is 0 Å². The van der Waals surface area contributed by atoms with Crippen LogP contribution in [0, 0.1) is 5.41 Å². The number of carbonyl (C=O) groups is 1. The van der Waals surface area contributed by atoms with E-state index < -0.39 is 6.10 Å². The third-order valence-corrected chi connectivity index (χ3v) is 5.51. The number of aliphatic hydroxyl groups excluding tert-OH is 1. The average molecular weight is 438 g/mol. The van der Waals surface area contributed by atoms with Crippen LogP contribution >= 0.6 is 11.8 Å². The molecule has 0 bridgehead atoms. The number of anilines is 1. The van der Waals surface area contributed by atoms with Gasteiger partial charge in [0.15, 0.2) is 0 Å². The Bertz CT molecular complexity index is 1140. The van der Waals surface area contributed by atoms with Gasteiger partial charge in [0.2, 0.25) is 0 Å². The highest BCUT2D eigenvalue weighted by Crippen LogP contribution is 2.27. The first kappa shape index (κ1) is 21.1. The molecule has 9 heteroatoms. The first-order chi connectivity index (χ1) is 15.0. The number of para-hydroxylation sites is 1. The molecule has 1 saturated heterocycles. The summed E-state index contributed by atoms with van der Waals surface area (Å²) < 4.78 is 5.59. The molecule has 8 nitrogen and oxygen atoms in total. The van der Waals surface area contributed by atoms with E-state index >= 15 is 0 Å². The molecule has 1 aliphatic heterocycles. The summed E-state index contributed by atoms with van der Waals surface area (Å²) in [6.45, 7) is 4.44. The summed E-state index contributed by atoms with van der Waals surface area (Å²) in [5, 5.41) is 25.5. The molecule has 1 amide bonds. The maximum absolute atomic E-state index is 13.0. The molecule has 0 spiro atoms. The predicted molar refractivity (Wildman–Crippen MR) is 122 cm³/mol. The molecule has 0 saturated carbocycles. The van der Waals surface area contributed by atoms with Gasteiger partial charge in [0, 0.05) is 47.7 Å². The summed E-state index contributed by atoms with van der Waals surface area (Å²) in [5.41, 5.74) is 3.05. The van der Waals surface area contributed by atoms with E-state index in [0.717, 1.165) is 5.39 Å². The largest absolute Gasteiger partial charge is 0.464 e. The van der Waals surface area contributed by atoms with E-state index in [9.17, 15) is 9.90 Å². The number of fused-ring (bicyclic) bond motifs is 1. The van der Waals surface area contributed by atoms with Gasteiger partial charge < -0.3 is 14.8 Å². The van der Waals surface area contributed by atoms with E-state index in [0.29, 0.717) is 41.4 Å². The number of hydrogen-bond donors (Lipinski definition) is 3. The number of nitrogens with zero attached hydrogens (tertiary/aromatic N) is 3. The number of aromatic nitrogens is 1. The van der Waals surface area contributed by atoms with Crippen LogP contribution in [0.3, 0.4) is 0 Å². The molecule has 3 heterocycles. The highest BCUT2D eigenvalue weighted by Gasteiger charge is 2.32. The minimum absolute atomic E-state index is 0.221. The van der Waals surface area contributed by atoms with Crippen LogP contribution < -0.4 is 5.32 Å². The maximum atomic E-state index is 13.0. The van der Waals surface area contributed by atoms with Gasteiger partial charge >= 0.3 is 0 Å². The second kappa shape index (κ2) is 8.93. The van der Waals surface area contributed by atoms with Crippen LogP contribution in [0.15, 0.2) is 60.0 Å². The van der Waals surface area contributed by atoms with Crippen molar-refractivity contribution in [1.29, 1.82) is 5.41 Å². The SMILES string of the molecule is C=CN(C(=O)c1cc(NCSC)c(C(=N)c2coc3ccccc23)cn1)N1CC(O)C1. The Kier molecular flexibility index (Phi) is 6.08. The number of β-amino-alcohol motifs (C(OH)–C–C–N with tert-alkyl or cyclic N) is 1. The van der Waals surface area contributed by atoms with E-state index in [1.807, 2.05) is 30.5 Å². The molecule has 3 N–H and O–H groups in total. The fourth-order valence-electron chi connectivity index (χ4n) is 3.44. The van der Waals surface area contributed by atoms with Crippen molar-refractivity contribution in [2.75, 3.05) is 30.5 Å². The minimum atomic E-state index is -0.449. The summed E-state index contributed by atoms with van der Waals surface area (Å²) in [4.78, 5) is 17.3. The Balaban J connectivity index is 1.67. The van der Waals surface area contributed by atoms with Crippen molar-refractivity contribution in [2.45, 2.75) is 6.10 Å². The summed E-state index contributed by atoms with van der Waals surface area (Å²) >= 11 is 1.59. The van der Waals surface area contributed by atoms with Crippen LogP contribution in [0.25, 0.3) is 11.0 Å². The normalized spacial score (nSPS) is 14.3. The average Bonchev–Trinajstić information content (AvgIpc) is 3.20. The topological polar surface area (TPSA) is 106 Å². The van der Waals surface area contributed by atoms with Gasteiger partial charge in [-0.2, -0.15) is 0 Å². The highest BCUT2D eigenvalue weighted by atomic mass is 32.2. The molecule has 1 aromatic carbocycles. The first-order valence-corrected chi connectivity index (χ1v) is 11.1. The van der Waals surface area contributed by atoms with E-state index in [1.165, 1.54) is 17.4 Å². The van der Waals surface area contributed by atoms with Gasteiger partial charge in [-0.3, -0.25) is 15.2 Å². The third-order valence-electron chi connectivity index (χ3n) is 5.08. The Labute approximate surface area is 184 Å². The summed E-state index contributed by atoms with van der Waals surface area (Å²) in [6, 6.07) is 9.20. The van der Waals surface area contributed by atoms with Crippen molar-refractivity contribution in [1.82, 2.24) is 15.0 Å².